The highest BCUT2D eigenvalue weighted by atomic mass is 19.1. The average molecular weight is 239 g/mol. The molecule has 4 N–H and O–H groups in total. The third-order valence-corrected chi connectivity index (χ3v) is 2.23. The van der Waals surface area contributed by atoms with E-state index in [1.807, 2.05) is 5.32 Å². The van der Waals surface area contributed by atoms with Crippen LogP contribution in [0.2, 0.25) is 0 Å². The highest BCUT2D eigenvalue weighted by Gasteiger charge is 2.23. The van der Waals surface area contributed by atoms with E-state index in [0.29, 0.717) is 5.56 Å². The molecule has 0 bridgehead atoms. The molecule has 17 heavy (non-hydrogen) atoms. The van der Waals surface area contributed by atoms with Crippen LogP contribution in [-0.4, -0.2) is 12.1 Å². The lowest BCUT2D eigenvalue weighted by Crippen LogP contribution is -2.49. The average Bonchev–Trinajstić information content (AvgIpc) is 2.15. The SMILES string of the molecule is CC(C)(NC(=O)NC(N)=O)c1ccc(F)cc1. The van der Waals surface area contributed by atoms with Crippen LogP contribution in [0, 0.1) is 5.82 Å². The Hall–Kier alpha value is -2.11. The van der Waals surface area contributed by atoms with E-state index in [1.165, 1.54) is 12.1 Å². The Morgan fingerprint density at radius 2 is 1.76 bits per heavy atom. The van der Waals surface area contributed by atoms with Crippen molar-refractivity contribution in [3.63, 3.8) is 0 Å². The topological polar surface area (TPSA) is 84.2 Å². The minimum atomic E-state index is -0.933. The third kappa shape index (κ3) is 3.75. The fourth-order valence-corrected chi connectivity index (χ4v) is 1.37. The monoisotopic (exact) mass is 239 g/mol. The number of halogens is 1. The summed E-state index contributed by atoms with van der Waals surface area (Å²) in [6.07, 6.45) is 0. The van der Waals surface area contributed by atoms with Crippen molar-refractivity contribution in [2.45, 2.75) is 19.4 Å². The van der Waals surface area contributed by atoms with Crippen LogP contribution >= 0.6 is 0 Å². The summed E-state index contributed by atoms with van der Waals surface area (Å²) in [5.74, 6) is -0.355. The maximum Gasteiger partial charge on any atom is 0.323 e. The van der Waals surface area contributed by atoms with E-state index in [0.717, 1.165) is 0 Å². The first-order valence-corrected chi connectivity index (χ1v) is 4.96. The molecule has 0 atom stereocenters. The molecular weight excluding hydrogens is 225 g/mol. The van der Waals surface area contributed by atoms with Crippen molar-refractivity contribution >= 4 is 12.1 Å². The van der Waals surface area contributed by atoms with E-state index >= 15 is 0 Å². The van der Waals surface area contributed by atoms with Crippen LogP contribution in [0.5, 0.6) is 0 Å². The van der Waals surface area contributed by atoms with Crippen LogP contribution in [0.1, 0.15) is 19.4 Å². The summed E-state index contributed by atoms with van der Waals surface area (Å²) in [4.78, 5) is 21.8. The number of amides is 4. The molecule has 0 saturated carbocycles. The fraction of sp³-hybridized carbons (Fsp3) is 0.273. The van der Waals surface area contributed by atoms with E-state index in [-0.39, 0.29) is 5.82 Å². The Balaban J connectivity index is 2.77. The van der Waals surface area contributed by atoms with Crippen LogP contribution in [0.4, 0.5) is 14.0 Å². The molecule has 0 aliphatic carbocycles. The highest BCUT2D eigenvalue weighted by molar-refractivity contribution is 5.92. The molecule has 0 radical (unpaired) electrons. The molecule has 0 aliphatic heterocycles. The van der Waals surface area contributed by atoms with Crippen molar-refractivity contribution < 1.29 is 14.0 Å². The van der Waals surface area contributed by atoms with Gasteiger partial charge in [0, 0.05) is 0 Å². The molecule has 4 amide bonds. The highest BCUT2D eigenvalue weighted by Crippen LogP contribution is 2.19. The van der Waals surface area contributed by atoms with E-state index < -0.39 is 17.6 Å². The molecule has 0 aliphatic rings. The Kier molecular flexibility index (Phi) is 3.67. The van der Waals surface area contributed by atoms with Crippen LogP contribution in [-0.2, 0) is 5.54 Å². The number of urea groups is 2. The number of carbonyl (C=O) groups excluding carboxylic acids is 2. The van der Waals surface area contributed by atoms with Gasteiger partial charge in [-0.25, -0.2) is 14.0 Å². The molecule has 0 aromatic heterocycles. The first-order chi connectivity index (χ1) is 7.81. The second-order valence-corrected chi connectivity index (χ2v) is 4.08. The number of nitrogens with two attached hydrogens (primary N) is 1. The van der Waals surface area contributed by atoms with Crippen LogP contribution < -0.4 is 16.4 Å². The zero-order valence-electron chi connectivity index (χ0n) is 9.58. The maximum absolute atomic E-state index is 12.7. The lowest BCUT2D eigenvalue weighted by atomic mass is 9.94. The molecule has 0 fully saturated rings. The third-order valence-electron chi connectivity index (χ3n) is 2.23. The van der Waals surface area contributed by atoms with Crippen molar-refractivity contribution in [1.82, 2.24) is 10.6 Å². The first-order valence-electron chi connectivity index (χ1n) is 4.96. The molecule has 0 unspecified atom stereocenters. The van der Waals surface area contributed by atoms with Crippen LogP contribution in [0.3, 0.4) is 0 Å². The summed E-state index contributed by atoms with van der Waals surface area (Å²) in [7, 11) is 0. The van der Waals surface area contributed by atoms with Gasteiger partial charge < -0.3 is 11.1 Å². The van der Waals surface area contributed by atoms with Gasteiger partial charge in [0.25, 0.3) is 0 Å². The number of hydrogen-bond acceptors (Lipinski definition) is 2. The van der Waals surface area contributed by atoms with Crippen LogP contribution in [0.25, 0.3) is 0 Å². The van der Waals surface area contributed by atoms with Crippen molar-refractivity contribution in [3.8, 4) is 0 Å². The van der Waals surface area contributed by atoms with E-state index in [4.69, 9.17) is 5.73 Å². The normalized spacial score (nSPS) is 10.8. The van der Waals surface area contributed by atoms with Crippen molar-refractivity contribution in [3.05, 3.63) is 35.6 Å². The molecule has 1 aromatic rings. The molecule has 0 heterocycles. The molecule has 5 nitrogen and oxygen atoms in total. The van der Waals surface area contributed by atoms with E-state index in [9.17, 15) is 14.0 Å². The lowest BCUT2D eigenvalue weighted by Gasteiger charge is -2.26. The zero-order valence-corrected chi connectivity index (χ0v) is 9.58. The Bertz CT molecular complexity index is 429. The molecule has 6 heteroatoms. The molecule has 0 spiro atoms. The van der Waals surface area contributed by atoms with Crippen molar-refractivity contribution in [2.24, 2.45) is 5.73 Å². The van der Waals surface area contributed by atoms with Gasteiger partial charge in [0.05, 0.1) is 5.54 Å². The Morgan fingerprint density at radius 3 is 2.24 bits per heavy atom. The Labute approximate surface area is 98.2 Å². The van der Waals surface area contributed by atoms with Gasteiger partial charge in [-0.05, 0) is 31.5 Å². The largest absolute Gasteiger partial charge is 0.351 e. The number of benzene rings is 1. The number of rotatable bonds is 2. The second kappa shape index (κ2) is 4.82. The minimum Gasteiger partial charge on any atom is -0.351 e. The van der Waals surface area contributed by atoms with Crippen molar-refractivity contribution in [1.29, 1.82) is 0 Å². The van der Waals surface area contributed by atoms with E-state index in [1.54, 1.807) is 26.0 Å². The van der Waals surface area contributed by atoms with Crippen LogP contribution in [0.15, 0.2) is 24.3 Å². The van der Waals surface area contributed by atoms with E-state index in [2.05, 4.69) is 5.32 Å². The molecule has 0 saturated heterocycles. The maximum atomic E-state index is 12.7. The number of nitrogens with one attached hydrogen (secondary N) is 2. The predicted molar refractivity (Wildman–Crippen MR) is 60.7 cm³/mol. The van der Waals surface area contributed by atoms with Gasteiger partial charge in [0.2, 0.25) is 0 Å². The standard InChI is InChI=1S/C11H14FN3O2/c1-11(2,15-10(17)14-9(13)16)7-3-5-8(12)6-4-7/h3-6H,1-2H3,(H4,13,14,15,16,17). The van der Waals surface area contributed by atoms with Gasteiger partial charge >= 0.3 is 12.1 Å². The van der Waals surface area contributed by atoms with Gasteiger partial charge in [-0.3, -0.25) is 5.32 Å². The number of primary amides is 1. The molecule has 92 valence electrons. The van der Waals surface area contributed by atoms with Crippen molar-refractivity contribution in [2.75, 3.05) is 0 Å². The lowest BCUT2D eigenvalue weighted by molar-refractivity contribution is 0.224. The van der Waals surface area contributed by atoms with Gasteiger partial charge in [0.15, 0.2) is 0 Å². The molecular formula is C11H14FN3O2. The summed E-state index contributed by atoms with van der Waals surface area (Å²) < 4.78 is 12.7. The summed E-state index contributed by atoms with van der Waals surface area (Å²) in [5.41, 5.74) is 4.77. The van der Waals surface area contributed by atoms with Gasteiger partial charge in [-0.2, -0.15) is 0 Å². The molecule has 1 rings (SSSR count). The van der Waals surface area contributed by atoms with Gasteiger partial charge in [-0.15, -0.1) is 0 Å². The summed E-state index contributed by atoms with van der Waals surface area (Å²) in [5, 5.41) is 4.44. The summed E-state index contributed by atoms with van der Waals surface area (Å²) in [6.45, 7) is 3.45. The van der Waals surface area contributed by atoms with Gasteiger partial charge in [0.1, 0.15) is 5.82 Å². The quantitative estimate of drug-likeness (QED) is 0.729. The number of imide groups is 1. The first kappa shape index (κ1) is 13.0. The summed E-state index contributed by atoms with van der Waals surface area (Å²) >= 11 is 0. The van der Waals surface area contributed by atoms with Gasteiger partial charge in [-0.1, -0.05) is 12.1 Å². The zero-order chi connectivity index (χ0) is 13.1. The molecule has 1 aromatic carbocycles. The minimum absolute atomic E-state index is 0.355. The summed E-state index contributed by atoms with van der Waals surface area (Å²) in [6, 6.07) is 4.07. The number of hydrogen-bond donors (Lipinski definition) is 3. The smallest absolute Gasteiger partial charge is 0.323 e. The fourth-order valence-electron chi connectivity index (χ4n) is 1.37. The number of carbonyl (C=O) groups is 2. The second-order valence-electron chi connectivity index (χ2n) is 4.08. The Morgan fingerprint density at radius 1 is 1.24 bits per heavy atom. The predicted octanol–water partition coefficient (Wildman–Crippen LogP) is 1.44.